The SMILES string of the molecule is C#C.C1CCOC1.CCCCC[C@H](CI)CCC.[2H]C([2H])([2H])C([2H])([2H])C[C@H](CCC)CCCCO.[2H][C-]([2H])C([2H])([2H])[2H].[I-].[Mg+2]. The molecule has 0 radical (unpaired) electrons. The number of hydrogen-bond donors (Lipinski definition) is 1. The molecule has 1 heterocycles. The molecule has 0 aromatic heterocycles. The molecule has 0 saturated carbocycles. The van der Waals surface area contributed by atoms with Gasteiger partial charge in [-0.15, -0.1) is 12.8 Å². The number of rotatable bonds is 15. The van der Waals surface area contributed by atoms with Crippen LogP contribution in [0.1, 0.15) is 144 Å². The molecular weight excluding hydrogens is 658 g/mol. The van der Waals surface area contributed by atoms with Crippen molar-refractivity contribution < 1.29 is 47.5 Å². The molecule has 2 nitrogen and oxygen atoms in total. The van der Waals surface area contributed by atoms with Gasteiger partial charge in [0.15, 0.2) is 0 Å². The van der Waals surface area contributed by atoms with Crippen LogP contribution in [0.4, 0.5) is 0 Å². The summed E-state index contributed by atoms with van der Waals surface area (Å²) in [5.41, 5.74) is 0. The number of aliphatic hydroxyl groups excluding tert-OH is 1. The van der Waals surface area contributed by atoms with Crippen LogP contribution < -0.4 is 24.0 Å². The normalized spacial score (nSPS) is 18.4. The van der Waals surface area contributed by atoms with Crippen LogP contribution in [0.5, 0.6) is 0 Å². The molecule has 1 aliphatic rings. The third-order valence-electron chi connectivity index (χ3n) is 5.07. The maximum atomic E-state index is 8.71. The van der Waals surface area contributed by atoms with Gasteiger partial charge in [-0.2, -0.15) is 6.85 Å². The standard InChI is InChI=1S/C11H24O.C10H21I.C4H8O.C2H5.C2H2.HI.Mg/c1-3-7-11(8-4-2)9-5-6-10-12;1-3-5-6-8-10(9-11)7-4-2;1-2-4-5-3-1;2*1-2;;/h11-12H,3-10H2,1-2H3;10H,3-9H2,1-2H3;1-4H2;1H2,2H3;1-2H;1H;/q;;;-1;;;+2/p-1/t;10-;;;;;/m.1...../s1/i1D3,3D2;;;1D2,2D3;;;/t11-;;;;;;/m1....../s1. The minimum absolute atomic E-state index is 0. The Balaban J connectivity index is -0.000000115. The van der Waals surface area contributed by atoms with E-state index >= 15 is 0 Å². The minimum Gasteiger partial charge on any atom is -1.00 e. The zero-order valence-corrected chi connectivity index (χ0v) is 28.1. The molecule has 1 saturated heterocycles. The van der Waals surface area contributed by atoms with Gasteiger partial charge in [0.1, 0.15) is 0 Å². The van der Waals surface area contributed by atoms with Gasteiger partial charge >= 0.3 is 23.1 Å². The fourth-order valence-electron chi connectivity index (χ4n) is 3.35. The van der Waals surface area contributed by atoms with Crippen molar-refractivity contribution in [3.63, 3.8) is 0 Å². The summed E-state index contributed by atoms with van der Waals surface area (Å²) in [5, 5.41) is 8.71. The number of alkyl halides is 1. The summed E-state index contributed by atoms with van der Waals surface area (Å²) >= 11 is 2.52. The zero-order chi connectivity index (χ0) is 33.7. The van der Waals surface area contributed by atoms with Crippen LogP contribution in [0, 0.1) is 31.6 Å². The quantitative estimate of drug-likeness (QED) is 0.0537. The molecule has 2 atom stereocenters. The number of ether oxygens (including phenoxy) is 1. The van der Waals surface area contributed by atoms with Crippen LogP contribution in [0.2, 0.25) is 0 Å². The van der Waals surface area contributed by atoms with E-state index in [1.807, 2.05) is 6.92 Å². The smallest absolute Gasteiger partial charge is 1.00 e. The molecule has 1 N–H and O–H groups in total. The van der Waals surface area contributed by atoms with Crippen molar-refractivity contribution in [3.05, 3.63) is 6.88 Å². The van der Waals surface area contributed by atoms with Crippen molar-refractivity contribution in [2.75, 3.05) is 24.2 Å². The van der Waals surface area contributed by atoms with E-state index in [1.54, 1.807) is 0 Å². The van der Waals surface area contributed by atoms with Gasteiger partial charge in [0.05, 0.1) is 0 Å². The molecule has 1 aliphatic heterocycles. The first-order valence-electron chi connectivity index (χ1n) is 17.4. The molecule has 204 valence electrons. The Hall–Kier alpha value is 1.71. The van der Waals surface area contributed by atoms with Gasteiger partial charge in [-0.25, -0.2) is 2.74 Å². The molecular formula is C29H60I2MgO2. The summed E-state index contributed by atoms with van der Waals surface area (Å²) in [7, 11) is 0. The summed E-state index contributed by atoms with van der Waals surface area (Å²) < 4.78 is 74.5. The van der Waals surface area contributed by atoms with Crippen LogP contribution in [0.3, 0.4) is 0 Å². The number of unbranched alkanes of at least 4 members (excludes halogenated alkanes) is 3. The van der Waals surface area contributed by atoms with Gasteiger partial charge in [0.2, 0.25) is 0 Å². The number of hydrogen-bond acceptors (Lipinski definition) is 2. The second kappa shape index (κ2) is 51.4. The Bertz CT molecular complexity index is 571. The molecule has 1 rings (SSSR count). The van der Waals surface area contributed by atoms with Gasteiger partial charge in [-0.3, -0.25) is 0 Å². The molecule has 5 heteroatoms. The largest absolute Gasteiger partial charge is 2.00 e. The van der Waals surface area contributed by atoms with Crippen molar-refractivity contribution in [2.45, 2.75) is 131 Å². The van der Waals surface area contributed by atoms with Crippen molar-refractivity contribution >= 4 is 45.6 Å². The summed E-state index contributed by atoms with van der Waals surface area (Å²) in [6.07, 6.45) is 21.1. The van der Waals surface area contributed by atoms with E-state index in [1.165, 1.54) is 55.8 Å². The molecule has 0 aliphatic carbocycles. The molecule has 0 aromatic rings. The Kier molecular flexibility index (Phi) is 41.2. The van der Waals surface area contributed by atoms with Crippen LogP contribution in [0.15, 0.2) is 0 Å². The van der Waals surface area contributed by atoms with E-state index in [2.05, 4.69) is 49.3 Å². The average molecular weight is 729 g/mol. The third-order valence-corrected chi connectivity index (χ3v) is 6.31. The molecule has 0 aromatic carbocycles. The van der Waals surface area contributed by atoms with Crippen LogP contribution in [-0.4, -0.2) is 52.4 Å². The van der Waals surface area contributed by atoms with Crippen molar-refractivity contribution in [2.24, 2.45) is 11.8 Å². The van der Waals surface area contributed by atoms with Crippen LogP contribution in [-0.2, 0) is 4.74 Å². The Labute approximate surface area is 278 Å². The summed E-state index contributed by atoms with van der Waals surface area (Å²) in [4.78, 5) is 0. The van der Waals surface area contributed by atoms with Crippen LogP contribution >= 0.6 is 22.6 Å². The van der Waals surface area contributed by atoms with Gasteiger partial charge in [0, 0.05) is 31.1 Å². The second-order valence-corrected chi connectivity index (χ2v) is 8.76. The maximum absolute atomic E-state index is 8.71. The second-order valence-electron chi connectivity index (χ2n) is 7.88. The number of terminal acetylenes is 1. The molecule has 0 bridgehead atoms. The van der Waals surface area contributed by atoms with E-state index in [4.69, 9.17) is 23.6 Å². The summed E-state index contributed by atoms with van der Waals surface area (Å²) in [5.74, 6) is 1.11. The summed E-state index contributed by atoms with van der Waals surface area (Å²) in [6.45, 7) is 2.68. The van der Waals surface area contributed by atoms with Gasteiger partial charge in [0.25, 0.3) is 0 Å². The fraction of sp³-hybridized carbons (Fsp3) is 0.897. The zero-order valence-electron chi connectivity index (χ0n) is 32.4. The van der Waals surface area contributed by atoms with Crippen molar-refractivity contribution in [3.8, 4) is 12.8 Å². The number of halogens is 2. The predicted octanol–water partition coefficient (Wildman–Crippen LogP) is 6.29. The first-order valence-corrected chi connectivity index (χ1v) is 13.9. The Morgan fingerprint density at radius 3 is 1.85 bits per heavy atom. The fourth-order valence-corrected chi connectivity index (χ4v) is 4.23. The topological polar surface area (TPSA) is 29.5 Å². The summed E-state index contributed by atoms with van der Waals surface area (Å²) in [6, 6.07) is 0. The molecule has 34 heavy (non-hydrogen) atoms. The van der Waals surface area contributed by atoms with E-state index in [-0.39, 0.29) is 66.0 Å². The third kappa shape index (κ3) is 47.0. The van der Waals surface area contributed by atoms with E-state index in [0.717, 1.165) is 44.8 Å². The molecule has 1 fully saturated rings. The Morgan fingerprint density at radius 1 is 0.941 bits per heavy atom. The van der Waals surface area contributed by atoms with E-state index in [0.29, 0.717) is 6.42 Å². The monoisotopic (exact) mass is 728 g/mol. The van der Waals surface area contributed by atoms with Gasteiger partial charge in [-0.1, -0.05) is 114 Å². The van der Waals surface area contributed by atoms with E-state index < -0.39 is 27.0 Å². The van der Waals surface area contributed by atoms with Crippen molar-refractivity contribution in [1.29, 1.82) is 0 Å². The maximum Gasteiger partial charge on any atom is 2.00 e. The Morgan fingerprint density at radius 2 is 1.47 bits per heavy atom. The van der Waals surface area contributed by atoms with Gasteiger partial charge < -0.3 is 40.7 Å². The first kappa shape index (κ1) is 27.3. The predicted molar refractivity (Wildman–Crippen MR) is 162 cm³/mol. The van der Waals surface area contributed by atoms with Crippen molar-refractivity contribution in [1.82, 2.24) is 0 Å². The molecule has 0 spiro atoms. The van der Waals surface area contributed by atoms with Gasteiger partial charge in [-0.05, 0) is 48.1 Å². The minimum atomic E-state index is -2.55. The van der Waals surface area contributed by atoms with Crippen LogP contribution in [0.25, 0.3) is 0 Å². The molecule has 0 amide bonds. The first-order chi connectivity index (χ1) is 19.5. The average Bonchev–Trinajstić information content (AvgIpc) is 3.50. The number of aliphatic hydroxyl groups is 1. The molecule has 0 unspecified atom stereocenters. The van der Waals surface area contributed by atoms with E-state index in [9.17, 15) is 0 Å².